The number of imidazole rings is 1. The highest BCUT2D eigenvalue weighted by atomic mass is 35.5. The SMILES string of the molecule is CC(Oc1cc(-n2cnc3cc(Cl)ccc32)sc1C(N)=O)c1cccc(OC2CCN(CCS(C)=O)CC2)c1Cl. The van der Waals surface area contributed by atoms with Crippen LogP contribution < -0.4 is 15.2 Å². The molecule has 1 aliphatic heterocycles. The Morgan fingerprint density at radius 2 is 1.98 bits per heavy atom. The van der Waals surface area contributed by atoms with Crippen molar-refractivity contribution in [2.24, 2.45) is 5.73 Å². The lowest BCUT2D eigenvalue weighted by atomic mass is 10.1. The molecular formula is C28H30Cl2N4O4S2. The molecule has 0 aliphatic carbocycles. The Labute approximate surface area is 249 Å². The fourth-order valence-electron chi connectivity index (χ4n) is 4.78. The standard InChI is InChI=1S/C28H30Cl2N4O4S2/c1-17(20-4-3-5-23(26(20)30)38-19-8-10-33(11-9-19)12-13-40(2)36)37-24-15-25(39-27(24)28(31)35)34-16-32-21-14-18(29)6-7-22(21)34/h3-7,14-17,19H,8-13H2,1-2H3,(H2,31,35). The Kier molecular flexibility index (Phi) is 9.01. The van der Waals surface area contributed by atoms with Gasteiger partial charge in [0.2, 0.25) is 0 Å². The van der Waals surface area contributed by atoms with Crippen molar-refractivity contribution < 1.29 is 18.5 Å². The van der Waals surface area contributed by atoms with Crippen LogP contribution in [0.15, 0.2) is 48.8 Å². The summed E-state index contributed by atoms with van der Waals surface area (Å²) in [6.07, 6.45) is 4.73. The first-order chi connectivity index (χ1) is 19.2. The number of nitrogens with two attached hydrogens (primary N) is 1. The predicted molar refractivity (Wildman–Crippen MR) is 162 cm³/mol. The molecule has 2 atom stereocenters. The van der Waals surface area contributed by atoms with E-state index < -0.39 is 22.8 Å². The lowest BCUT2D eigenvalue weighted by molar-refractivity contribution is 0.0997. The Morgan fingerprint density at radius 1 is 1.20 bits per heavy atom. The van der Waals surface area contributed by atoms with Crippen LogP contribution in [0.5, 0.6) is 11.5 Å². The molecule has 0 bridgehead atoms. The van der Waals surface area contributed by atoms with Crippen molar-refractivity contribution in [3.63, 3.8) is 0 Å². The molecule has 0 spiro atoms. The van der Waals surface area contributed by atoms with Gasteiger partial charge in [0.05, 0.1) is 16.1 Å². The number of primary amides is 1. The maximum absolute atomic E-state index is 12.3. The molecule has 1 saturated heterocycles. The second-order valence-corrected chi connectivity index (χ2v) is 13.1. The number of piperidine rings is 1. The van der Waals surface area contributed by atoms with Crippen LogP contribution in [0.1, 0.15) is 41.1 Å². The molecule has 1 amide bonds. The number of carbonyl (C=O) groups excluding carboxylic acids is 1. The van der Waals surface area contributed by atoms with Crippen LogP contribution >= 0.6 is 34.5 Å². The number of fused-ring (bicyclic) bond motifs is 1. The average molecular weight is 622 g/mol. The number of nitrogens with zero attached hydrogens (tertiary/aromatic N) is 3. The lowest BCUT2D eigenvalue weighted by Crippen LogP contribution is -2.40. The van der Waals surface area contributed by atoms with Crippen LogP contribution in [0.4, 0.5) is 0 Å². The number of thiophene rings is 1. The van der Waals surface area contributed by atoms with Crippen molar-refractivity contribution in [1.82, 2.24) is 14.5 Å². The molecule has 2 aromatic heterocycles. The third-order valence-corrected chi connectivity index (χ3v) is 9.44. The normalized spacial score (nSPS) is 16.2. The zero-order valence-corrected chi connectivity index (χ0v) is 25.3. The Hall–Kier alpha value is -2.63. The maximum atomic E-state index is 12.3. The zero-order valence-electron chi connectivity index (χ0n) is 22.1. The third-order valence-electron chi connectivity index (χ3n) is 6.91. The van der Waals surface area contributed by atoms with Crippen molar-refractivity contribution in [2.45, 2.75) is 32.0 Å². The molecule has 2 unspecified atom stereocenters. The largest absolute Gasteiger partial charge is 0.489 e. The highest BCUT2D eigenvalue weighted by Crippen LogP contribution is 2.39. The second kappa shape index (κ2) is 12.5. The number of aromatic nitrogens is 2. The highest BCUT2D eigenvalue weighted by molar-refractivity contribution is 7.84. The topological polar surface area (TPSA) is 99.7 Å². The van der Waals surface area contributed by atoms with E-state index in [1.54, 1.807) is 30.8 Å². The second-order valence-electron chi connectivity index (χ2n) is 9.75. The fourth-order valence-corrected chi connectivity index (χ4v) is 6.71. The minimum Gasteiger partial charge on any atom is -0.489 e. The summed E-state index contributed by atoms with van der Waals surface area (Å²) < 4.78 is 25.8. The van der Waals surface area contributed by atoms with Crippen LogP contribution in [0.2, 0.25) is 10.0 Å². The summed E-state index contributed by atoms with van der Waals surface area (Å²) in [7, 11) is -0.786. The van der Waals surface area contributed by atoms with Crippen LogP contribution in [0, 0.1) is 0 Å². The Bertz CT molecular complexity index is 1550. The van der Waals surface area contributed by atoms with Crippen molar-refractivity contribution >= 4 is 62.3 Å². The molecule has 0 radical (unpaired) electrons. The molecule has 5 rings (SSSR count). The van der Waals surface area contributed by atoms with Crippen LogP contribution in [0.3, 0.4) is 0 Å². The highest BCUT2D eigenvalue weighted by Gasteiger charge is 2.24. The van der Waals surface area contributed by atoms with Gasteiger partial charge < -0.3 is 20.1 Å². The number of rotatable bonds is 10. The summed E-state index contributed by atoms with van der Waals surface area (Å²) in [5, 5.41) is 1.81. The van der Waals surface area contributed by atoms with Gasteiger partial charge in [-0.05, 0) is 44.0 Å². The number of halogens is 2. The molecule has 1 aliphatic rings. The number of likely N-dealkylation sites (tertiary alicyclic amines) is 1. The first kappa shape index (κ1) is 28.9. The number of benzene rings is 2. The van der Waals surface area contributed by atoms with Crippen LogP contribution in [0.25, 0.3) is 16.0 Å². The molecule has 40 heavy (non-hydrogen) atoms. The summed E-state index contributed by atoms with van der Waals surface area (Å²) in [6.45, 7) is 4.50. The molecular weight excluding hydrogens is 591 g/mol. The van der Waals surface area contributed by atoms with E-state index in [1.165, 1.54) is 11.3 Å². The van der Waals surface area contributed by atoms with Crippen molar-refractivity contribution in [1.29, 1.82) is 0 Å². The minimum atomic E-state index is -0.786. The average Bonchev–Trinajstić information content (AvgIpc) is 3.53. The first-order valence-electron chi connectivity index (χ1n) is 12.9. The molecule has 212 valence electrons. The van der Waals surface area contributed by atoms with Gasteiger partial charge in [-0.3, -0.25) is 13.6 Å². The van der Waals surface area contributed by atoms with E-state index in [0.717, 1.165) is 54.1 Å². The summed E-state index contributed by atoms with van der Waals surface area (Å²) in [5.74, 6) is 1.09. The van der Waals surface area contributed by atoms with Gasteiger partial charge in [0.1, 0.15) is 39.9 Å². The first-order valence-corrected chi connectivity index (χ1v) is 16.2. The van der Waals surface area contributed by atoms with E-state index >= 15 is 0 Å². The number of hydrogen-bond donors (Lipinski definition) is 1. The molecule has 2 aromatic carbocycles. The van der Waals surface area contributed by atoms with Gasteiger partial charge in [-0.2, -0.15) is 0 Å². The minimum absolute atomic E-state index is 0.0492. The van der Waals surface area contributed by atoms with Gasteiger partial charge in [0, 0.05) is 59.1 Å². The van der Waals surface area contributed by atoms with Gasteiger partial charge in [-0.1, -0.05) is 35.3 Å². The molecule has 0 saturated carbocycles. The lowest BCUT2D eigenvalue weighted by Gasteiger charge is -2.32. The quantitative estimate of drug-likeness (QED) is 0.238. The fraction of sp³-hybridized carbons (Fsp3) is 0.357. The van der Waals surface area contributed by atoms with Crippen molar-refractivity contribution in [2.75, 3.05) is 31.6 Å². The maximum Gasteiger partial charge on any atom is 0.262 e. The molecule has 3 heterocycles. The molecule has 1 fully saturated rings. The summed E-state index contributed by atoms with van der Waals surface area (Å²) in [4.78, 5) is 19.4. The molecule has 4 aromatic rings. The van der Waals surface area contributed by atoms with E-state index in [2.05, 4.69) is 9.88 Å². The number of ether oxygens (including phenoxy) is 2. The van der Waals surface area contributed by atoms with E-state index in [4.69, 9.17) is 38.4 Å². The van der Waals surface area contributed by atoms with Gasteiger partial charge >= 0.3 is 0 Å². The summed E-state index contributed by atoms with van der Waals surface area (Å²) in [6, 6.07) is 12.9. The Morgan fingerprint density at radius 3 is 2.70 bits per heavy atom. The molecule has 12 heteroatoms. The van der Waals surface area contributed by atoms with Crippen molar-refractivity contribution in [3.05, 3.63) is 69.3 Å². The number of hydrogen-bond acceptors (Lipinski definition) is 7. The number of carbonyl (C=O) groups is 1. The molecule has 2 N–H and O–H groups in total. The third kappa shape index (κ3) is 6.47. The number of amides is 1. The van der Waals surface area contributed by atoms with Gasteiger partial charge in [0.25, 0.3) is 5.91 Å². The van der Waals surface area contributed by atoms with E-state index in [9.17, 15) is 9.00 Å². The van der Waals surface area contributed by atoms with E-state index in [1.807, 2.05) is 35.8 Å². The van der Waals surface area contributed by atoms with Gasteiger partial charge in [-0.25, -0.2) is 4.98 Å². The van der Waals surface area contributed by atoms with Crippen molar-refractivity contribution in [3.8, 4) is 16.5 Å². The summed E-state index contributed by atoms with van der Waals surface area (Å²) in [5.41, 5.74) is 8.05. The molecule has 8 nitrogen and oxygen atoms in total. The van der Waals surface area contributed by atoms with Gasteiger partial charge in [0.15, 0.2) is 0 Å². The van der Waals surface area contributed by atoms with E-state index in [-0.39, 0.29) is 6.10 Å². The predicted octanol–water partition coefficient (Wildman–Crippen LogP) is 5.85. The van der Waals surface area contributed by atoms with Gasteiger partial charge in [-0.15, -0.1) is 11.3 Å². The Balaban J connectivity index is 1.31. The monoisotopic (exact) mass is 620 g/mol. The van der Waals surface area contributed by atoms with E-state index in [0.29, 0.717) is 32.2 Å². The van der Waals surface area contributed by atoms with Crippen LogP contribution in [-0.4, -0.2) is 62.3 Å². The zero-order chi connectivity index (χ0) is 28.4. The summed E-state index contributed by atoms with van der Waals surface area (Å²) >= 11 is 14.1. The van der Waals surface area contributed by atoms with Crippen LogP contribution in [-0.2, 0) is 10.8 Å². The smallest absolute Gasteiger partial charge is 0.262 e.